The van der Waals surface area contributed by atoms with E-state index in [-0.39, 0.29) is 23.9 Å². The van der Waals surface area contributed by atoms with Crippen LogP contribution < -0.4 is 4.74 Å². The molecular weight excluding hydrogens is 256 g/mol. The van der Waals surface area contributed by atoms with Gasteiger partial charge in [0.05, 0.1) is 19.3 Å². The van der Waals surface area contributed by atoms with E-state index >= 15 is 0 Å². The number of benzene rings is 1. The number of carbonyl (C=O) groups excluding carboxylic acids is 1. The molecule has 108 valence electrons. The molecule has 4 nitrogen and oxygen atoms in total. The second-order valence-electron chi connectivity index (χ2n) is 5.97. The Labute approximate surface area is 119 Å². The summed E-state index contributed by atoms with van der Waals surface area (Å²) in [7, 11) is 1.64. The van der Waals surface area contributed by atoms with Crippen LogP contribution in [0.2, 0.25) is 0 Å². The minimum absolute atomic E-state index is 0.0453. The molecule has 0 amide bonds. The van der Waals surface area contributed by atoms with Gasteiger partial charge in [0.25, 0.3) is 0 Å². The van der Waals surface area contributed by atoms with Crippen LogP contribution >= 0.6 is 0 Å². The summed E-state index contributed by atoms with van der Waals surface area (Å²) in [5, 5.41) is 0. The highest BCUT2D eigenvalue weighted by atomic mass is 16.8. The van der Waals surface area contributed by atoms with Gasteiger partial charge in [-0.15, -0.1) is 0 Å². The topological polar surface area (TPSA) is 44.8 Å². The van der Waals surface area contributed by atoms with Crippen molar-refractivity contribution < 1.29 is 19.0 Å². The summed E-state index contributed by atoms with van der Waals surface area (Å²) in [4.78, 5) is 12.0. The first kappa shape index (κ1) is 13.6. The SMILES string of the molecule is COc1ccc([C@@H]2CC(=O)C[C@H]3OC(C)(C)O[C@H]32)cc1. The third-order valence-electron chi connectivity index (χ3n) is 4.04. The molecule has 2 aliphatic rings. The number of hydrogen-bond acceptors (Lipinski definition) is 4. The third-order valence-corrected chi connectivity index (χ3v) is 4.04. The Morgan fingerprint density at radius 1 is 1.15 bits per heavy atom. The number of rotatable bonds is 2. The van der Waals surface area contributed by atoms with Crippen LogP contribution in [0.25, 0.3) is 0 Å². The first-order chi connectivity index (χ1) is 9.48. The molecule has 3 rings (SSSR count). The first-order valence-corrected chi connectivity index (χ1v) is 7.00. The van der Waals surface area contributed by atoms with Gasteiger partial charge in [-0.25, -0.2) is 0 Å². The van der Waals surface area contributed by atoms with E-state index in [4.69, 9.17) is 14.2 Å². The molecule has 0 bridgehead atoms. The summed E-state index contributed by atoms with van der Waals surface area (Å²) in [6.45, 7) is 3.81. The molecule has 3 atom stereocenters. The van der Waals surface area contributed by atoms with Gasteiger partial charge in [0.15, 0.2) is 5.79 Å². The van der Waals surface area contributed by atoms with Crippen molar-refractivity contribution in [3.63, 3.8) is 0 Å². The second-order valence-corrected chi connectivity index (χ2v) is 5.97. The molecule has 1 saturated heterocycles. The Bertz CT molecular complexity index is 506. The van der Waals surface area contributed by atoms with Gasteiger partial charge in [-0.2, -0.15) is 0 Å². The summed E-state index contributed by atoms with van der Waals surface area (Å²) < 4.78 is 17.0. The fourth-order valence-corrected chi connectivity index (χ4v) is 3.19. The number of hydrogen-bond donors (Lipinski definition) is 0. The highest BCUT2D eigenvalue weighted by Crippen LogP contribution is 2.43. The second kappa shape index (κ2) is 4.86. The lowest BCUT2D eigenvalue weighted by Crippen LogP contribution is -2.37. The molecule has 0 spiro atoms. The van der Waals surface area contributed by atoms with Crippen LogP contribution in [0.3, 0.4) is 0 Å². The number of methoxy groups -OCH3 is 1. The minimum atomic E-state index is -0.606. The summed E-state index contributed by atoms with van der Waals surface area (Å²) in [5.41, 5.74) is 1.11. The molecule has 1 aromatic carbocycles. The molecule has 1 aliphatic carbocycles. The van der Waals surface area contributed by atoms with Crippen LogP contribution in [-0.4, -0.2) is 30.9 Å². The van der Waals surface area contributed by atoms with Gasteiger partial charge in [0, 0.05) is 18.8 Å². The Morgan fingerprint density at radius 3 is 2.50 bits per heavy atom. The maximum atomic E-state index is 12.0. The molecule has 0 unspecified atom stereocenters. The van der Waals surface area contributed by atoms with E-state index in [9.17, 15) is 4.79 Å². The summed E-state index contributed by atoms with van der Waals surface area (Å²) in [6, 6.07) is 7.86. The predicted molar refractivity (Wildman–Crippen MR) is 73.8 cm³/mol. The van der Waals surface area contributed by atoms with Crippen LogP contribution in [0.5, 0.6) is 5.75 Å². The van der Waals surface area contributed by atoms with Crippen molar-refractivity contribution in [2.24, 2.45) is 0 Å². The molecule has 20 heavy (non-hydrogen) atoms. The normalized spacial score (nSPS) is 31.9. The largest absolute Gasteiger partial charge is 0.497 e. The smallest absolute Gasteiger partial charge is 0.163 e. The fraction of sp³-hybridized carbons (Fsp3) is 0.562. The molecule has 1 heterocycles. The lowest BCUT2D eigenvalue weighted by Gasteiger charge is -2.30. The van der Waals surface area contributed by atoms with E-state index in [1.54, 1.807) is 7.11 Å². The maximum Gasteiger partial charge on any atom is 0.163 e. The minimum Gasteiger partial charge on any atom is -0.497 e. The van der Waals surface area contributed by atoms with E-state index in [2.05, 4.69) is 0 Å². The summed E-state index contributed by atoms with van der Waals surface area (Å²) in [6.07, 6.45) is 0.808. The molecule has 1 saturated carbocycles. The molecule has 0 radical (unpaired) electrons. The van der Waals surface area contributed by atoms with Gasteiger partial charge in [-0.1, -0.05) is 12.1 Å². The third kappa shape index (κ3) is 2.45. The van der Waals surface area contributed by atoms with E-state index in [0.717, 1.165) is 11.3 Å². The van der Waals surface area contributed by atoms with Gasteiger partial charge in [0.2, 0.25) is 0 Å². The lowest BCUT2D eigenvalue weighted by molar-refractivity contribution is -0.147. The highest BCUT2D eigenvalue weighted by Gasteiger charge is 2.49. The van der Waals surface area contributed by atoms with Crippen LogP contribution in [0.15, 0.2) is 24.3 Å². The highest BCUT2D eigenvalue weighted by molar-refractivity contribution is 5.81. The van der Waals surface area contributed by atoms with Crippen molar-refractivity contribution in [3.05, 3.63) is 29.8 Å². The first-order valence-electron chi connectivity index (χ1n) is 7.00. The van der Waals surface area contributed by atoms with Gasteiger partial charge in [-0.05, 0) is 31.5 Å². The van der Waals surface area contributed by atoms with E-state index < -0.39 is 5.79 Å². The zero-order chi connectivity index (χ0) is 14.3. The van der Waals surface area contributed by atoms with Gasteiger partial charge >= 0.3 is 0 Å². The Hall–Kier alpha value is -1.39. The lowest BCUT2D eigenvalue weighted by atomic mass is 9.79. The van der Waals surface area contributed by atoms with Crippen LogP contribution in [0, 0.1) is 0 Å². The average molecular weight is 276 g/mol. The zero-order valence-corrected chi connectivity index (χ0v) is 12.1. The van der Waals surface area contributed by atoms with E-state index in [0.29, 0.717) is 12.8 Å². The van der Waals surface area contributed by atoms with Crippen molar-refractivity contribution in [2.45, 2.75) is 50.6 Å². The quantitative estimate of drug-likeness (QED) is 0.833. The molecule has 1 aromatic rings. The maximum absolute atomic E-state index is 12.0. The Balaban J connectivity index is 1.88. The number of carbonyl (C=O) groups is 1. The number of fused-ring (bicyclic) bond motifs is 1. The molecule has 0 N–H and O–H groups in total. The summed E-state index contributed by atoms with van der Waals surface area (Å²) in [5.74, 6) is 0.517. The molecule has 4 heteroatoms. The summed E-state index contributed by atoms with van der Waals surface area (Å²) >= 11 is 0. The monoisotopic (exact) mass is 276 g/mol. The van der Waals surface area contributed by atoms with Crippen molar-refractivity contribution in [2.75, 3.05) is 7.11 Å². The van der Waals surface area contributed by atoms with Crippen molar-refractivity contribution in [1.29, 1.82) is 0 Å². The Kier molecular flexibility index (Phi) is 3.30. The van der Waals surface area contributed by atoms with Gasteiger partial charge in [-0.3, -0.25) is 4.79 Å². The zero-order valence-electron chi connectivity index (χ0n) is 12.1. The Morgan fingerprint density at radius 2 is 1.85 bits per heavy atom. The van der Waals surface area contributed by atoms with Crippen LogP contribution in [-0.2, 0) is 14.3 Å². The average Bonchev–Trinajstić information content (AvgIpc) is 2.72. The molecular formula is C16H20O4. The van der Waals surface area contributed by atoms with Crippen LogP contribution in [0.4, 0.5) is 0 Å². The standard InChI is InChI=1S/C16H20O4/c1-16(2)19-14-9-11(17)8-13(15(14)20-16)10-4-6-12(18-3)7-5-10/h4-7,13-15H,8-9H2,1-3H3/t13-,14+,15-/m0/s1. The predicted octanol–water partition coefficient (Wildman–Crippen LogP) is 2.66. The van der Waals surface area contributed by atoms with Crippen LogP contribution in [0.1, 0.15) is 38.2 Å². The van der Waals surface area contributed by atoms with Crippen molar-refractivity contribution in [3.8, 4) is 5.75 Å². The number of ketones is 1. The number of Topliss-reactive ketones (excluding diaryl/α,β-unsaturated/α-hetero) is 1. The molecule has 1 aliphatic heterocycles. The molecule has 2 fully saturated rings. The van der Waals surface area contributed by atoms with E-state index in [1.807, 2.05) is 38.1 Å². The van der Waals surface area contributed by atoms with E-state index in [1.165, 1.54) is 0 Å². The van der Waals surface area contributed by atoms with Gasteiger partial charge in [0.1, 0.15) is 11.5 Å². The molecule has 0 aromatic heterocycles. The fourth-order valence-electron chi connectivity index (χ4n) is 3.19. The van der Waals surface area contributed by atoms with Crippen molar-refractivity contribution >= 4 is 5.78 Å². The van der Waals surface area contributed by atoms with Crippen molar-refractivity contribution in [1.82, 2.24) is 0 Å². The van der Waals surface area contributed by atoms with Gasteiger partial charge < -0.3 is 14.2 Å². The number of ether oxygens (including phenoxy) is 3.